The Morgan fingerprint density at radius 1 is 0.189 bits per heavy atom. The Labute approximate surface area is 432 Å². The van der Waals surface area contributed by atoms with E-state index < -0.39 is 0 Å². The van der Waals surface area contributed by atoms with Crippen molar-refractivity contribution < 1.29 is 0 Å². The molecule has 0 amide bonds. The average Bonchev–Trinajstić information content (AvgIpc) is 3.49. The van der Waals surface area contributed by atoms with Gasteiger partial charge in [-0.15, -0.1) is 0 Å². The van der Waals surface area contributed by atoms with Crippen LogP contribution in [0.1, 0.15) is 0 Å². The monoisotopic (exact) mass is 940 g/mol. The van der Waals surface area contributed by atoms with Crippen LogP contribution < -0.4 is 0 Å². The third-order valence-electron chi connectivity index (χ3n) is 14.4. The Morgan fingerprint density at radius 3 is 1.01 bits per heavy atom. The van der Waals surface area contributed by atoms with Crippen molar-refractivity contribution >= 4 is 21.7 Å². The zero-order valence-electron chi connectivity index (χ0n) is 40.6. The van der Waals surface area contributed by atoms with Gasteiger partial charge in [-0.3, -0.25) is 0 Å². The van der Waals surface area contributed by atoms with Crippen LogP contribution in [0.5, 0.6) is 0 Å². The van der Waals surface area contributed by atoms with Crippen LogP contribution in [-0.2, 0) is 0 Å². The summed E-state index contributed by atoms with van der Waals surface area (Å²) in [5.74, 6) is 0.701. The summed E-state index contributed by atoms with van der Waals surface area (Å²) in [6, 6.07) is 104. The normalized spacial score (nSPS) is 11.2. The largest absolute Gasteiger partial charge is 0.227 e. The van der Waals surface area contributed by atoms with E-state index in [2.05, 4.69) is 291 Å². The first-order valence-corrected chi connectivity index (χ1v) is 25.3. The van der Waals surface area contributed by atoms with Crippen LogP contribution >= 0.6 is 0 Å². The van der Waals surface area contributed by atoms with Crippen molar-refractivity contribution in [1.29, 1.82) is 0 Å². The molecular weight excluding hydrogens is 893 g/mol. The molecule has 0 fully saturated rings. The molecule has 13 rings (SSSR count). The Kier molecular flexibility index (Phi) is 11.6. The molecule has 1 heterocycles. The number of benzene rings is 12. The first kappa shape index (κ1) is 44.2. The fourth-order valence-electron chi connectivity index (χ4n) is 10.5. The zero-order valence-corrected chi connectivity index (χ0v) is 40.6. The van der Waals surface area contributed by atoms with Gasteiger partial charge < -0.3 is 0 Å². The summed E-state index contributed by atoms with van der Waals surface area (Å²) < 4.78 is 0. The van der Waals surface area contributed by atoms with Crippen molar-refractivity contribution in [3.8, 4) is 112 Å². The fourth-order valence-corrected chi connectivity index (χ4v) is 10.5. The second-order valence-corrected chi connectivity index (χ2v) is 18.9. The molecule has 2 nitrogen and oxygen atoms in total. The van der Waals surface area contributed by atoms with E-state index in [1.54, 1.807) is 0 Å². The number of aromatic nitrogens is 2. The molecule has 0 radical (unpaired) electrons. The fraction of sp³-hybridized carbons (Fsp3) is 0. The van der Waals surface area contributed by atoms with Gasteiger partial charge in [0, 0.05) is 21.9 Å². The van der Waals surface area contributed by atoms with E-state index in [9.17, 15) is 0 Å². The number of hydrogen-bond donors (Lipinski definition) is 0. The summed E-state index contributed by atoms with van der Waals surface area (Å²) in [6.07, 6.45) is 0. The van der Waals surface area contributed by atoms with Crippen LogP contribution in [0.4, 0.5) is 0 Å². The Hall–Kier alpha value is -9.76. The Bertz CT molecular complexity index is 4120. The molecule has 0 aliphatic carbocycles. The summed E-state index contributed by atoms with van der Waals surface area (Å²) in [6.45, 7) is 0. The molecule has 74 heavy (non-hydrogen) atoms. The molecule has 12 aromatic carbocycles. The van der Waals surface area contributed by atoms with Crippen LogP contribution in [0, 0.1) is 0 Å². The van der Waals surface area contributed by atoms with Crippen molar-refractivity contribution in [2.75, 3.05) is 0 Å². The quantitative estimate of drug-likeness (QED) is 0.128. The van der Waals surface area contributed by atoms with Crippen molar-refractivity contribution in [1.82, 2.24) is 9.97 Å². The van der Waals surface area contributed by atoms with Gasteiger partial charge in [-0.2, -0.15) is 0 Å². The Balaban J connectivity index is 0.770. The van der Waals surface area contributed by atoms with E-state index in [-0.39, 0.29) is 0 Å². The molecule has 346 valence electrons. The molecule has 0 saturated heterocycles. The van der Waals surface area contributed by atoms with Crippen LogP contribution in [0.3, 0.4) is 0 Å². The lowest BCUT2D eigenvalue weighted by atomic mass is 9.92. The smallest absolute Gasteiger partial charge is 0.160 e. The number of rotatable bonds is 10. The van der Waals surface area contributed by atoms with Crippen LogP contribution in [0.15, 0.2) is 291 Å². The van der Waals surface area contributed by atoms with E-state index in [0.29, 0.717) is 5.82 Å². The van der Waals surface area contributed by atoms with Crippen molar-refractivity contribution in [3.05, 3.63) is 291 Å². The van der Waals surface area contributed by atoms with E-state index in [1.807, 2.05) is 0 Å². The highest BCUT2D eigenvalue weighted by molar-refractivity contribution is 6.09. The molecule has 13 aromatic rings. The zero-order chi connectivity index (χ0) is 49.2. The van der Waals surface area contributed by atoms with Crippen molar-refractivity contribution in [2.24, 2.45) is 0 Å². The number of nitrogens with zero attached hydrogens (tertiary/aromatic N) is 2. The second-order valence-electron chi connectivity index (χ2n) is 18.9. The average molecular weight is 941 g/mol. The molecule has 0 spiro atoms. The van der Waals surface area contributed by atoms with Gasteiger partial charge in [-0.25, -0.2) is 9.97 Å². The standard InChI is InChI=1S/C72H48N2/c1-3-15-55(16-4-1)64-24-9-11-26-66(64)62-22-13-20-60(47-62)53-33-29-49(30-34-53)51-37-41-58(42-38-51)70-69-46-45-57-19-7-8-28-68(57)71(69)74-72(73-70)59-43-39-52(40-44-59)50-31-35-54(36-32-50)61-21-14-23-63(48-61)67-27-12-10-25-65(67)56-17-5-2-6-18-56/h1-48H. The third kappa shape index (κ3) is 8.65. The lowest BCUT2D eigenvalue weighted by Gasteiger charge is -2.13. The van der Waals surface area contributed by atoms with Gasteiger partial charge in [-0.05, 0) is 113 Å². The van der Waals surface area contributed by atoms with Gasteiger partial charge in [0.15, 0.2) is 5.82 Å². The molecular formula is C72H48N2. The predicted octanol–water partition coefficient (Wildman–Crippen LogP) is 19.5. The molecule has 0 atom stereocenters. The highest BCUT2D eigenvalue weighted by atomic mass is 14.9. The van der Waals surface area contributed by atoms with Crippen LogP contribution in [-0.4, -0.2) is 9.97 Å². The minimum absolute atomic E-state index is 0.701. The molecule has 0 aliphatic heterocycles. The van der Waals surface area contributed by atoms with E-state index in [4.69, 9.17) is 9.97 Å². The molecule has 0 bridgehead atoms. The molecule has 0 unspecified atom stereocenters. The van der Waals surface area contributed by atoms with Crippen LogP contribution in [0.25, 0.3) is 133 Å². The van der Waals surface area contributed by atoms with E-state index in [1.165, 1.54) is 66.8 Å². The summed E-state index contributed by atoms with van der Waals surface area (Å²) in [7, 11) is 0. The van der Waals surface area contributed by atoms with E-state index >= 15 is 0 Å². The summed E-state index contributed by atoms with van der Waals surface area (Å²) in [4.78, 5) is 10.6. The Morgan fingerprint density at radius 2 is 0.541 bits per heavy atom. The maximum atomic E-state index is 5.34. The molecule has 0 N–H and O–H groups in total. The van der Waals surface area contributed by atoms with Gasteiger partial charge in [-0.1, -0.05) is 273 Å². The minimum Gasteiger partial charge on any atom is -0.227 e. The maximum Gasteiger partial charge on any atom is 0.160 e. The van der Waals surface area contributed by atoms with Gasteiger partial charge in [0.2, 0.25) is 0 Å². The highest BCUT2D eigenvalue weighted by Gasteiger charge is 2.16. The molecule has 1 aromatic heterocycles. The first-order valence-electron chi connectivity index (χ1n) is 25.3. The van der Waals surface area contributed by atoms with Gasteiger partial charge >= 0.3 is 0 Å². The van der Waals surface area contributed by atoms with E-state index in [0.717, 1.165) is 60.8 Å². The third-order valence-corrected chi connectivity index (χ3v) is 14.4. The number of hydrogen-bond acceptors (Lipinski definition) is 2. The highest BCUT2D eigenvalue weighted by Crippen LogP contribution is 2.39. The number of fused-ring (bicyclic) bond motifs is 3. The van der Waals surface area contributed by atoms with Gasteiger partial charge in [0.1, 0.15) is 0 Å². The lowest BCUT2D eigenvalue weighted by molar-refractivity contribution is 1.23. The first-order chi connectivity index (χ1) is 36.7. The van der Waals surface area contributed by atoms with Crippen LogP contribution in [0.2, 0.25) is 0 Å². The summed E-state index contributed by atoms with van der Waals surface area (Å²) >= 11 is 0. The molecule has 2 heteroatoms. The van der Waals surface area contributed by atoms with Gasteiger partial charge in [0.05, 0.1) is 11.2 Å². The molecule has 0 saturated carbocycles. The topological polar surface area (TPSA) is 25.8 Å². The van der Waals surface area contributed by atoms with Crippen molar-refractivity contribution in [2.45, 2.75) is 0 Å². The van der Waals surface area contributed by atoms with Crippen molar-refractivity contribution in [3.63, 3.8) is 0 Å². The minimum atomic E-state index is 0.701. The second kappa shape index (κ2) is 19.4. The molecule has 0 aliphatic rings. The van der Waals surface area contributed by atoms with Gasteiger partial charge in [0.25, 0.3) is 0 Å². The lowest BCUT2D eigenvalue weighted by Crippen LogP contribution is -1.96. The SMILES string of the molecule is c1ccc(-c2ccccc2-c2cccc(-c3ccc(-c4ccc(-c5nc(-c6ccc(-c7ccc(-c8cccc(-c9ccccc9-c9ccccc9)c8)cc7)cc6)c6ccc7ccccc7c6n5)cc4)cc3)c2)cc1. The summed E-state index contributed by atoms with van der Waals surface area (Å²) in [5.41, 5.74) is 23.0. The summed E-state index contributed by atoms with van der Waals surface area (Å²) in [5, 5.41) is 3.29. The maximum absolute atomic E-state index is 5.34. The predicted molar refractivity (Wildman–Crippen MR) is 311 cm³/mol.